The number of nitrogens with one attached hydrogen (secondary N) is 1. The summed E-state index contributed by atoms with van der Waals surface area (Å²) in [5.74, 6) is 3.01. The summed E-state index contributed by atoms with van der Waals surface area (Å²) in [5.41, 5.74) is 0.990. The zero-order valence-corrected chi connectivity index (χ0v) is 12.9. The second-order valence-electron chi connectivity index (χ2n) is 4.61. The monoisotopic (exact) mass is 321 g/mol. The minimum absolute atomic E-state index is 0.243. The van der Waals surface area contributed by atoms with Gasteiger partial charge in [-0.05, 0) is 25.5 Å². The molecule has 0 spiro atoms. The molecule has 3 rings (SSSR count). The van der Waals surface area contributed by atoms with Crippen molar-refractivity contribution in [2.75, 3.05) is 25.3 Å². The van der Waals surface area contributed by atoms with E-state index in [0.29, 0.717) is 30.5 Å². The molecule has 0 saturated carbocycles. The molecular formula is C15H16ClN3O3. The van der Waals surface area contributed by atoms with Crippen LogP contribution in [0, 0.1) is 0 Å². The quantitative estimate of drug-likeness (QED) is 0.825. The topological polar surface area (TPSA) is 65.5 Å². The lowest BCUT2D eigenvalue weighted by atomic mass is 10.1. The van der Waals surface area contributed by atoms with Gasteiger partial charge in [-0.25, -0.2) is 9.97 Å². The van der Waals surface area contributed by atoms with Crippen molar-refractivity contribution in [1.82, 2.24) is 9.97 Å². The van der Waals surface area contributed by atoms with Gasteiger partial charge in [-0.15, -0.1) is 0 Å². The number of halogens is 1. The fraction of sp³-hybridized carbons (Fsp3) is 0.333. The first-order chi connectivity index (χ1) is 10.8. The molecule has 0 atom stereocenters. The lowest BCUT2D eigenvalue weighted by Crippen LogP contribution is -2.08. The summed E-state index contributed by atoms with van der Waals surface area (Å²) in [7, 11) is 0. The Balaban J connectivity index is 1.72. The van der Waals surface area contributed by atoms with Gasteiger partial charge in [0.1, 0.15) is 23.0 Å². The highest BCUT2D eigenvalue weighted by Crippen LogP contribution is 2.41. The summed E-state index contributed by atoms with van der Waals surface area (Å²) < 4.78 is 16.7. The number of rotatable bonds is 6. The van der Waals surface area contributed by atoms with Crippen molar-refractivity contribution < 1.29 is 14.2 Å². The maximum Gasteiger partial charge on any atom is 0.231 e. The van der Waals surface area contributed by atoms with Crippen molar-refractivity contribution in [3.8, 4) is 17.2 Å². The van der Waals surface area contributed by atoms with Crippen LogP contribution < -0.4 is 19.5 Å². The van der Waals surface area contributed by atoms with Crippen LogP contribution in [0.3, 0.4) is 0 Å². The summed E-state index contributed by atoms with van der Waals surface area (Å²) in [5, 5.41) is 3.61. The maximum atomic E-state index is 5.84. The molecule has 1 aliphatic heterocycles. The molecule has 1 aliphatic rings. The van der Waals surface area contributed by atoms with Crippen molar-refractivity contribution in [2.45, 2.75) is 13.3 Å². The Morgan fingerprint density at radius 2 is 2.23 bits per heavy atom. The predicted molar refractivity (Wildman–Crippen MR) is 83.0 cm³/mol. The Kier molecular flexibility index (Phi) is 4.48. The molecule has 2 aromatic rings. The summed E-state index contributed by atoms with van der Waals surface area (Å²) in [6.45, 7) is 3.46. The molecule has 0 fully saturated rings. The van der Waals surface area contributed by atoms with E-state index in [1.807, 2.05) is 19.1 Å². The highest BCUT2D eigenvalue weighted by atomic mass is 35.5. The molecule has 0 unspecified atom stereocenters. The van der Waals surface area contributed by atoms with Crippen molar-refractivity contribution in [3.63, 3.8) is 0 Å². The minimum atomic E-state index is 0.243. The molecule has 6 nitrogen and oxygen atoms in total. The Bertz CT molecular complexity index is 666. The van der Waals surface area contributed by atoms with Crippen molar-refractivity contribution in [1.29, 1.82) is 0 Å². The van der Waals surface area contributed by atoms with E-state index >= 15 is 0 Å². The molecule has 0 radical (unpaired) electrons. The summed E-state index contributed by atoms with van der Waals surface area (Å²) in [6.07, 6.45) is 2.14. The first-order valence-electron chi connectivity index (χ1n) is 7.03. The largest absolute Gasteiger partial charge is 0.493 e. The third-order valence-corrected chi connectivity index (χ3v) is 3.42. The average molecular weight is 322 g/mol. The van der Waals surface area contributed by atoms with Gasteiger partial charge in [0, 0.05) is 18.2 Å². The third kappa shape index (κ3) is 3.17. The Morgan fingerprint density at radius 1 is 1.32 bits per heavy atom. The van der Waals surface area contributed by atoms with Gasteiger partial charge in [-0.1, -0.05) is 11.6 Å². The van der Waals surface area contributed by atoms with Gasteiger partial charge in [0.2, 0.25) is 6.79 Å². The lowest BCUT2D eigenvalue weighted by Gasteiger charge is -2.13. The number of nitrogens with zero attached hydrogens (tertiary/aromatic N) is 2. The number of hydrogen-bond donors (Lipinski definition) is 1. The fourth-order valence-electron chi connectivity index (χ4n) is 2.29. The number of benzene rings is 1. The number of fused-ring (bicyclic) bond motifs is 1. The predicted octanol–water partition coefficient (Wildman–Crippen LogP) is 2.91. The van der Waals surface area contributed by atoms with Crippen molar-refractivity contribution in [2.24, 2.45) is 0 Å². The van der Waals surface area contributed by atoms with Crippen LogP contribution in [-0.2, 0) is 6.42 Å². The molecular weight excluding hydrogens is 306 g/mol. The molecule has 0 aliphatic carbocycles. The van der Waals surface area contributed by atoms with E-state index in [4.69, 9.17) is 25.8 Å². The number of aromatic nitrogens is 2. The van der Waals surface area contributed by atoms with Gasteiger partial charge in [0.05, 0.1) is 6.61 Å². The second kappa shape index (κ2) is 6.70. The molecule has 0 saturated heterocycles. The summed E-state index contributed by atoms with van der Waals surface area (Å²) >= 11 is 5.84. The third-order valence-electron chi connectivity index (χ3n) is 3.21. The van der Waals surface area contributed by atoms with Crippen molar-refractivity contribution >= 4 is 17.4 Å². The average Bonchev–Trinajstić information content (AvgIpc) is 2.98. The second-order valence-corrected chi connectivity index (χ2v) is 5.00. The molecule has 1 N–H and O–H groups in total. The van der Waals surface area contributed by atoms with E-state index in [1.165, 1.54) is 6.33 Å². The molecule has 1 aromatic carbocycles. The van der Waals surface area contributed by atoms with Gasteiger partial charge < -0.3 is 19.5 Å². The Hall–Kier alpha value is -2.21. The molecule has 7 heteroatoms. The van der Waals surface area contributed by atoms with E-state index in [2.05, 4.69) is 15.3 Å². The molecule has 0 amide bonds. The number of anilines is 1. The normalized spacial score (nSPS) is 12.3. The highest BCUT2D eigenvalue weighted by molar-refractivity contribution is 6.29. The zero-order valence-electron chi connectivity index (χ0n) is 12.1. The fourth-order valence-corrected chi connectivity index (χ4v) is 2.43. The minimum Gasteiger partial charge on any atom is -0.493 e. The van der Waals surface area contributed by atoms with E-state index < -0.39 is 0 Å². The molecule has 0 bridgehead atoms. The maximum absolute atomic E-state index is 5.84. The van der Waals surface area contributed by atoms with E-state index in [9.17, 15) is 0 Å². The van der Waals surface area contributed by atoms with Crippen LogP contribution in [0.4, 0.5) is 5.82 Å². The van der Waals surface area contributed by atoms with Crippen LogP contribution in [0.25, 0.3) is 0 Å². The summed E-state index contributed by atoms with van der Waals surface area (Å²) in [6, 6.07) is 5.46. The van der Waals surface area contributed by atoms with Crippen LogP contribution >= 0.6 is 11.6 Å². The van der Waals surface area contributed by atoms with Crippen LogP contribution in [0.1, 0.15) is 12.5 Å². The first-order valence-corrected chi connectivity index (χ1v) is 7.41. The molecule has 116 valence electrons. The van der Waals surface area contributed by atoms with Gasteiger partial charge in [0.15, 0.2) is 11.5 Å². The smallest absolute Gasteiger partial charge is 0.231 e. The van der Waals surface area contributed by atoms with Gasteiger partial charge >= 0.3 is 0 Å². The van der Waals surface area contributed by atoms with Crippen LogP contribution in [0.15, 0.2) is 24.5 Å². The van der Waals surface area contributed by atoms with Crippen molar-refractivity contribution in [3.05, 3.63) is 35.2 Å². The Labute approximate surface area is 133 Å². The SMILES string of the molecule is CCOc1ccc2c(c1CCNc1cc(Cl)ncn1)OCO2. The van der Waals surface area contributed by atoms with Crippen LogP contribution in [0.2, 0.25) is 5.15 Å². The molecule has 22 heavy (non-hydrogen) atoms. The molecule has 2 heterocycles. The van der Waals surface area contributed by atoms with E-state index in [-0.39, 0.29) is 6.79 Å². The highest BCUT2D eigenvalue weighted by Gasteiger charge is 2.21. The number of ether oxygens (including phenoxy) is 3. The van der Waals surface area contributed by atoms with E-state index in [1.54, 1.807) is 6.07 Å². The zero-order chi connectivity index (χ0) is 15.4. The molecule has 1 aromatic heterocycles. The van der Waals surface area contributed by atoms with Crippen LogP contribution in [0.5, 0.6) is 17.2 Å². The lowest BCUT2D eigenvalue weighted by molar-refractivity contribution is 0.173. The van der Waals surface area contributed by atoms with Gasteiger partial charge in [-0.2, -0.15) is 0 Å². The van der Waals surface area contributed by atoms with Crippen LogP contribution in [-0.4, -0.2) is 29.9 Å². The van der Waals surface area contributed by atoms with Gasteiger partial charge in [0.25, 0.3) is 0 Å². The summed E-state index contributed by atoms with van der Waals surface area (Å²) in [4.78, 5) is 7.96. The number of hydrogen-bond acceptors (Lipinski definition) is 6. The van der Waals surface area contributed by atoms with E-state index in [0.717, 1.165) is 22.8 Å². The standard InChI is InChI=1S/C15H16ClN3O3/c1-2-20-11-3-4-12-15(22-9-21-12)10(11)5-6-17-14-7-13(16)18-8-19-14/h3-4,7-8H,2,5-6,9H2,1H3,(H,17,18,19). The first kappa shape index (κ1) is 14.7. The van der Waals surface area contributed by atoms with Gasteiger partial charge in [-0.3, -0.25) is 0 Å². The Morgan fingerprint density at radius 3 is 3.05 bits per heavy atom.